The first-order chi connectivity index (χ1) is 15.4. The van der Waals surface area contributed by atoms with Crippen LogP contribution in [0.1, 0.15) is 17.5 Å². The molecule has 0 aromatic heterocycles. The molecule has 0 bridgehead atoms. The van der Waals surface area contributed by atoms with Crippen molar-refractivity contribution >= 4 is 29.3 Å². The lowest BCUT2D eigenvalue weighted by molar-refractivity contribution is -0.143. The van der Waals surface area contributed by atoms with E-state index < -0.39 is 47.0 Å². The van der Waals surface area contributed by atoms with Gasteiger partial charge in [0.2, 0.25) is 23.6 Å². The fourth-order valence-corrected chi connectivity index (χ4v) is 5.37. The number of carbonyl (C=O) groups excluding carboxylic acids is 4. The van der Waals surface area contributed by atoms with Crippen molar-refractivity contribution in [2.45, 2.75) is 24.5 Å². The van der Waals surface area contributed by atoms with Crippen LogP contribution in [-0.4, -0.2) is 41.7 Å². The van der Waals surface area contributed by atoms with Crippen molar-refractivity contribution in [2.75, 3.05) is 12.4 Å². The lowest BCUT2D eigenvalue weighted by Gasteiger charge is -2.29. The molecule has 32 heavy (non-hydrogen) atoms. The van der Waals surface area contributed by atoms with Crippen molar-refractivity contribution in [3.63, 3.8) is 0 Å². The second-order valence-electron chi connectivity index (χ2n) is 8.31. The maximum absolute atomic E-state index is 13.7. The van der Waals surface area contributed by atoms with Gasteiger partial charge in [0, 0.05) is 29.3 Å². The maximum Gasteiger partial charge on any atom is 0.250 e. The van der Waals surface area contributed by atoms with Crippen molar-refractivity contribution in [2.24, 2.45) is 17.6 Å². The number of nitrogens with two attached hydrogens (primary N) is 1. The number of ether oxygens (including phenoxy) is 1. The summed E-state index contributed by atoms with van der Waals surface area (Å²) in [6, 6.07) is 13.4. The summed E-state index contributed by atoms with van der Waals surface area (Å²) >= 11 is 0. The van der Waals surface area contributed by atoms with Crippen LogP contribution in [0.2, 0.25) is 0 Å². The third kappa shape index (κ3) is 2.67. The number of benzene rings is 2. The van der Waals surface area contributed by atoms with E-state index in [-0.39, 0.29) is 13.0 Å². The molecule has 0 radical (unpaired) electrons. The van der Waals surface area contributed by atoms with Crippen LogP contribution in [0.4, 0.5) is 5.69 Å². The van der Waals surface area contributed by atoms with Gasteiger partial charge in [-0.1, -0.05) is 36.4 Å². The quantitative estimate of drug-likeness (QED) is 0.587. The van der Waals surface area contributed by atoms with E-state index in [9.17, 15) is 19.2 Å². The van der Waals surface area contributed by atoms with E-state index in [1.165, 1.54) is 7.11 Å². The van der Waals surface area contributed by atoms with E-state index >= 15 is 0 Å². The Morgan fingerprint density at radius 1 is 1.09 bits per heavy atom. The molecule has 9 heteroatoms. The number of fused-ring (bicyclic) bond motifs is 4. The summed E-state index contributed by atoms with van der Waals surface area (Å²) in [6.45, 7) is 0.0112. The summed E-state index contributed by atoms with van der Waals surface area (Å²) in [7, 11) is 1.52. The minimum Gasteiger partial charge on any atom is -0.496 e. The highest BCUT2D eigenvalue weighted by Gasteiger charge is 2.70. The van der Waals surface area contributed by atoms with Crippen LogP contribution in [0, 0.1) is 11.8 Å². The lowest BCUT2D eigenvalue weighted by atomic mass is 9.76. The smallest absolute Gasteiger partial charge is 0.250 e. The van der Waals surface area contributed by atoms with Crippen molar-refractivity contribution in [3.8, 4) is 5.75 Å². The molecule has 3 heterocycles. The molecule has 1 spiro atoms. The number of hydrogen-bond acceptors (Lipinski definition) is 6. The largest absolute Gasteiger partial charge is 0.496 e. The Labute approximate surface area is 183 Å². The number of imide groups is 1. The average molecular weight is 434 g/mol. The zero-order valence-corrected chi connectivity index (χ0v) is 17.3. The van der Waals surface area contributed by atoms with Crippen molar-refractivity contribution in [1.29, 1.82) is 0 Å². The van der Waals surface area contributed by atoms with Gasteiger partial charge < -0.3 is 15.8 Å². The molecule has 3 aliphatic heterocycles. The second kappa shape index (κ2) is 7.16. The van der Waals surface area contributed by atoms with Crippen LogP contribution in [0.15, 0.2) is 48.5 Å². The Morgan fingerprint density at radius 2 is 1.81 bits per heavy atom. The summed E-state index contributed by atoms with van der Waals surface area (Å²) in [5, 5.41) is 5.98. The fourth-order valence-electron chi connectivity index (χ4n) is 5.37. The number of rotatable bonds is 5. The van der Waals surface area contributed by atoms with E-state index in [1.54, 1.807) is 48.5 Å². The number of nitrogens with zero attached hydrogens (tertiary/aromatic N) is 1. The van der Waals surface area contributed by atoms with Crippen LogP contribution < -0.4 is 21.1 Å². The summed E-state index contributed by atoms with van der Waals surface area (Å²) < 4.78 is 5.36. The molecule has 2 fully saturated rings. The molecule has 164 valence electrons. The first-order valence-corrected chi connectivity index (χ1v) is 10.3. The molecule has 2 aromatic carbocycles. The monoisotopic (exact) mass is 434 g/mol. The number of amides is 4. The Morgan fingerprint density at radius 3 is 2.56 bits per heavy atom. The SMILES string of the molecule is COc1ccccc1CN1C(=O)[C@@H]2[C@@H](C1=O)[C@]1(N[C@@H]2CC(N)=O)C(=O)Nc2ccccc21. The lowest BCUT2D eigenvalue weighted by Crippen LogP contribution is -2.53. The van der Waals surface area contributed by atoms with Crippen LogP contribution in [0.25, 0.3) is 0 Å². The molecule has 2 aromatic rings. The number of anilines is 1. The second-order valence-corrected chi connectivity index (χ2v) is 8.31. The Kier molecular flexibility index (Phi) is 4.52. The normalized spacial score (nSPS) is 28.1. The van der Waals surface area contributed by atoms with Crippen molar-refractivity contribution in [3.05, 3.63) is 59.7 Å². The highest BCUT2D eigenvalue weighted by molar-refractivity contribution is 6.15. The minimum absolute atomic E-state index is 0.0112. The first kappa shape index (κ1) is 20.2. The number of primary amides is 1. The molecule has 0 saturated carbocycles. The minimum atomic E-state index is -1.44. The molecule has 4 N–H and O–H groups in total. The molecular formula is C23H22N4O5. The summed E-state index contributed by atoms with van der Waals surface area (Å²) in [4.78, 5) is 53.4. The van der Waals surface area contributed by atoms with Gasteiger partial charge >= 0.3 is 0 Å². The molecule has 9 nitrogen and oxygen atoms in total. The number of para-hydroxylation sites is 2. The molecule has 4 atom stereocenters. The Bertz CT molecular complexity index is 1160. The van der Waals surface area contributed by atoms with Gasteiger partial charge in [-0.05, 0) is 12.1 Å². The predicted molar refractivity (Wildman–Crippen MR) is 113 cm³/mol. The van der Waals surface area contributed by atoms with Gasteiger partial charge in [0.15, 0.2) is 0 Å². The topological polar surface area (TPSA) is 131 Å². The fraction of sp³-hybridized carbons (Fsp3) is 0.304. The summed E-state index contributed by atoms with van der Waals surface area (Å²) in [5.41, 5.74) is 5.83. The van der Waals surface area contributed by atoms with E-state index in [1.807, 2.05) is 0 Å². The van der Waals surface area contributed by atoms with Crippen LogP contribution >= 0.6 is 0 Å². The molecular weight excluding hydrogens is 412 g/mol. The van der Waals surface area contributed by atoms with E-state index in [2.05, 4.69) is 10.6 Å². The van der Waals surface area contributed by atoms with E-state index in [0.717, 1.165) is 4.90 Å². The molecule has 5 rings (SSSR count). The number of methoxy groups -OCH3 is 1. The van der Waals surface area contributed by atoms with Gasteiger partial charge in [0.25, 0.3) is 0 Å². The Balaban J connectivity index is 1.60. The molecule has 0 unspecified atom stereocenters. The van der Waals surface area contributed by atoms with Crippen LogP contribution in [0.3, 0.4) is 0 Å². The van der Waals surface area contributed by atoms with Gasteiger partial charge in [-0.25, -0.2) is 0 Å². The average Bonchev–Trinajstić information content (AvgIpc) is 3.34. The summed E-state index contributed by atoms with van der Waals surface area (Å²) in [5.74, 6) is -3.25. The van der Waals surface area contributed by atoms with Gasteiger partial charge in [-0.3, -0.25) is 29.4 Å². The first-order valence-electron chi connectivity index (χ1n) is 10.3. The van der Waals surface area contributed by atoms with Crippen molar-refractivity contribution in [1.82, 2.24) is 10.2 Å². The third-order valence-corrected chi connectivity index (χ3v) is 6.66. The summed E-state index contributed by atoms with van der Waals surface area (Å²) in [6.07, 6.45) is -0.167. The maximum atomic E-state index is 13.7. The highest BCUT2D eigenvalue weighted by Crippen LogP contribution is 2.53. The van der Waals surface area contributed by atoms with E-state index in [0.29, 0.717) is 22.6 Å². The van der Waals surface area contributed by atoms with E-state index in [4.69, 9.17) is 10.5 Å². The number of carbonyl (C=O) groups is 4. The number of nitrogens with one attached hydrogen (secondary N) is 2. The van der Waals surface area contributed by atoms with Crippen LogP contribution in [0.5, 0.6) is 5.75 Å². The molecule has 3 aliphatic rings. The number of hydrogen-bond donors (Lipinski definition) is 3. The zero-order chi connectivity index (χ0) is 22.6. The van der Waals surface area contributed by atoms with Crippen LogP contribution in [-0.2, 0) is 31.3 Å². The van der Waals surface area contributed by atoms with Gasteiger partial charge in [0.1, 0.15) is 11.3 Å². The van der Waals surface area contributed by atoms with Gasteiger partial charge in [0.05, 0.1) is 25.5 Å². The van der Waals surface area contributed by atoms with Crippen molar-refractivity contribution < 1.29 is 23.9 Å². The number of likely N-dealkylation sites (tertiary alicyclic amines) is 1. The molecule has 4 amide bonds. The van der Waals surface area contributed by atoms with Gasteiger partial charge in [-0.15, -0.1) is 0 Å². The standard InChI is InChI=1S/C23H22N4O5/c1-32-16-9-5-2-6-12(16)11-27-20(29)18-15(10-17(24)28)26-23(19(18)21(27)30)13-7-3-4-8-14(13)25-22(23)31/h2-9,15,18-19,26H,10-11H2,1H3,(H2,24,28)(H,25,31)/t15-,18+,19+,23+/m1/s1. The van der Waals surface area contributed by atoms with Gasteiger partial charge in [-0.2, -0.15) is 0 Å². The predicted octanol–water partition coefficient (Wildman–Crippen LogP) is 0.491. The Hall–Kier alpha value is -3.72. The highest BCUT2D eigenvalue weighted by atomic mass is 16.5. The molecule has 0 aliphatic carbocycles. The molecule has 2 saturated heterocycles. The zero-order valence-electron chi connectivity index (χ0n) is 17.3. The third-order valence-electron chi connectivity index (χ3n) is 6.66.